The zero-order valence-corrected chi connectivity index (χ0v) is 14.5. The molecule has 0 spiro atoms. The number of hydrogen-bond donors (Lipinski definition) is 1. The van der Waals surface area contributed by atoms with Gasteiger partial charge in [-0.3, -0.25) is 0 Å². The van der Waals surface area contributed by atoms with Crippen LogP contribution in [0.2, 0.25) is 5.28 Å². The highest BCUT2D eigenvalue weighted by Gasteiger charge is 2.10. The van der Waals surface area contributed by atoms with Crippen LogP contribution in [-0.2, 0) is 0 Å². The van der Waals surface area contributed by atoms with Crippen molar-refractivity contribution in [1.82, 2.24) is 15.0 Å². The van der Waals surface area contributed by atoms with Crippen LogP contribution in [0.4, 0.5) is 17.6 Å². The van der Waals surface area contributed by atoms with Gasteiger partial charge >= 0.3 is 0 Å². The van der Waals surface area contributed by atoms with Gasteiger partial charge in [-0.05, 0) is 56.1 Å². The molecule has 7 heteroatoms. The Morgan fingerprint density at radius 2 is 1.86 bits per heavy atom. The fourth-order valence-electron chi connectivity index (χ4n) is 1.98. The zero-order valence-electron chi connectivity index (χ0n) is 12.2. The maximum absolute atomic E-state index is 6.00. The highest BCUT2D eigenvalue weighted by Crippen LogP contribution is 2.22. The lowest BCUT2D eigenvalue weighted by Gasteiger charge is -2.18. The lowest BCUT2D eigenvalue weighted by molar-refractivity contribution is 0.814. The zero-order chi connectivity index (χ0) is 15.4. The van der Waals surface area contributed by atoms with Gasteiger partial charge in [-0.2, -0.15) is 15.0 Å². The lowest BCUT2D eigenvalue weighted by Crippen LogP contribution is -2.24. The number of nitrogens with one attached hydrogen (secondary N) is 1. The summed E-state index contributed by atoms with van der Waals surface area (Å²) in [4.78, 5) is 14.7. The number of aromatic nitrogens is 3. The molecule has 0 unspecified atom stereocenters. The van der Waals surface area contributed by atoms with E-state index in [1.54, 1.807) is 0 Å². The first kappa shape index (κ1) is 16.0. The molecule has 1 heterocycles. The van der Waals surface area contributed by atoms with Crippen LogP contribution in [-0.4, -0.2) is 28.0 Å². The Morgan fingerprint density at radius 1 is 1.14 bits per heavy atom. The van der Waals surface area contributed by atoms with Gasteiger partial charge in [-0.15, -0.1) is 0 Å². The van der Waals surface area contributed by atoms with Crippen LogP contribution in [0.15, 0.2) is 22.7 Å². The Balaban J connectivity index is 2.31. The number of aryl methyl sites for hydroxylation is 1. The molecule has 0 amide bonds. The second-order valence-corrected chi connectivity index (χ2v) is 5.80. The van der Waals surface area contributed by atoms with Gasteiger partial charge in [0.1, 0.15) is 0 Å². The van der Waals surface area contributed by atoms with Gasteiger partial charge in [0.25, 0.3) is 0 Å². The minimum atomic E-state index is 0.182. The van der Waals surface area contributed by atoms with Crippen LogP contribution in [0.5, 0.6) is 0 Å². The molecular weight excluding hydrogens is 354 g/mol. The van der Waals surface area contributed by atoms with Crippen molar-refractivity contribution in [2.45, 2.75) is 20.8 Å². The van der Waals surface area contributed by atoms with Crippen molar-refractivity contribution in [2.24, 2.45) is 0 Å². The summed E-state index contributed by atoms with van der Waals surface area (Å²) in [6, 6.07) is 6.01. The molecule has 21 heavy (non-hydrogen) atoms. The Kier molecular flexibility index (Phi) is 5.36. The SMILES string of the molecule is CCN(CC)c1nc(Cl)nc(Nc2cc(C)cc(Br)c2)n1. The topological polar surface area (TPSA) is 53.9 Å². The fourth-order valence-corrected chi connectivity index (χ4v) is 2.74. The van der Waals surface area contributed by atoms with Crippen LogP contribution in [0.1, 0.15) is 19.4 Å². The third-order valence-electron chi connectivity index (χ3n) is 2.94. The van der Waals surface area contributed by atoms with Gasteiger partial charge in [0, 0.05) is 23.2 Å². The molecule has 0 aliphatic heterocycles. The number of halogens is 2. The Bertz CT molecular complexity index is 611. The molecule has 0 aliphatic rings. The van der Waals surface area contributed by atoms with Crippen molar-refractivity contribution >= 4 is 45.1 Å². The summed E-state index contributed by atoms with van der Waals surface area (Å²) in [5.41, 5.74) is 2.03. The normalized spacial score (nSPS) is 10.5. The lowest BCUT2D eigenvalue weighted by atomic mass is 10.2. The second kappa shape index (κ2) is 7.04. The first-order valence-corrected chi connectivity index (χ1v) is 7.89. The minimum absolute atomic E-state index is 0.182. The quantitative estimate of drug-likeness (QED) is 0.855. The molecule has 0 aliphatic carbocycles. The summed E-state index contributed by atoms with van der Waals surface area (Å²) in [6.45, 7) is 7.74. The first-order chi connectivity index (χ1) is 10.0. The van der Waals surface area contributed by atoms with Crippen molar-refractivity contribution in [2.75, 3.05) is 23.3 Å². The van der Waals surface area contributed by atoms with Crippen LogP contribution in [0, 0.1) is 6.92 Å². The summed E-state index contributed by atoms with van der Waals surface area (Å²) < 4.78 is 0.995. The van der Waals surface area contributed by atoms with Crippen molar-refractivity contribution in [3.8, 4) is 0 Å². The van der Waals surface area contributed by atoms with Crippen molar-refractivity contribution in [3.63, 3.8) is 0 Å². The van der Waals surface area contributed by atoms with Crippen LogP contribution >= 0.6 is 27.5 Å². The molecule has 5 nitrogen and oxygen atoms in total. The third kappa shape index (κ3) is 4.28. The predicted molar refractivity (Wildman–Crippen MR) is 90.6 cm³/mol. The van der Waals surface area contributed by atoms with Gasteiger partial charge in [-0.25, -0.2) is 0 Å². The van der Waals surface area contributed by atoms with Crippen molar-refractivity contribution in [3.05, 3.63) is 33.5 Å². The number of hydrogen-bond acceptors (Lipinski definition) is 5. The number of nitrogens with zero attached hydrogens (tertiary/aromatic N) is 4. The first-order valence-electron chi connectivity index (χ1n) is 6.72. The molecule has 0 fully saturated rings. The van der Waals surface area contributed by atoms with Crippen molar-refractivity contribution in [1.29, 1.82) is 0 Å². The van der Waals surface area contributed by atoms with Gasteiger partial charge < -0.3 is 10.2 Å². The smallest absolute Gasteiger partial charge is 0.233 e. The van der Waals surface area contributed by atoms with E-state index in [4.69, 9.17) is 11.6 Å². The van der Waals surface area contributed by atoms with Crippen molar-refractivity contribution < 1.29 is 0 Å². The van der Waals surface area contributed by atoms with Gasteiger partial charge in [0.15, 0.2) is 0 Å². The van der Waals surface area contributed by atoms with E-state index >= 15 is 0 Å². The second-order valence-electron chi connectivity index (χ2n) is 4.54. The molecule has 1 aromatic heterocycles. The summed E-state index contributed by atoms with van der Waals surface area (Å²) >= 11 is 9.47. The van der Waals surface area contributed by atoms with Crippen LogP contribution < -0.4 is 10.2 Å². The maximum Gasteiger partial charge on any atom is 0.233 e. The van der Waals surface area contributed by atoms with E-state index in [0.717, 1.165) is 28.8 Å². The molecular formula is C14H17BrClN5. The summed E-state index contributed by atoms with van der Waals surface area (Å²) in [5, 5.41) is 3.35. The molecule has 2 rings (SSSR count). The number of benzene rings is 1. The molecule has 0 saturated carbocycles. The molecule has 1 aromatic carbocycles. The van der Waals surface area contributed by atoms with Gasteiger partial charge in [0.05, 0.1) is 0 Å². The fraction of sp³-hybridized carbons (Fsp3) is 0.357. The Labute approximate surface area is 137 Å². The molecule has 1 N–H and O–H groups in total. The Hall–Kier alpha value is -1.40. The summed E-state index contributed by atoms with van der Waals surface area (Å²) in [7, 11) is 0. The third-order valence-corrected chi connectivity index (χ3v) is 3.57. The molecule has 0 saturated heterocycles. The molecule has 2 aromatic rings. The van der Waals surface area contributed by atoms with E-state index in [9.17, 15) is 0 Å². The van der Waals surface area contributed by atoms with Gasteiger partial charge in [0.2, 0.25) is 17.2 Å². The van der Waals surface area contributed by atoms with E-state index in [2.05, 4.69) is 36.2 Å². The average molecular weight is 371 g/mol. The van der Waals surface area contributed by atoms with E-state index in [0.29, 0.717) is 11.9 Å². The number of rotatable bonds is 5. The largest absolute Gasteiger partial charge is 0.341 e. The highest BCUT2D eigenvalue weighted by molar-refractivity contribution is 9.10. The summed E-state index contributed by atoms with van der Waals surface area (Å²) in [5.74, 6) is 1.02. The predicted octanol–water partition coefficient (Wildman–Crippen LogP) is 4.19. The maximum atomic E-state index is 6.00. The average Bonchev–Trinajstić information content (AvgIpc) is 2.38. The van der Waals surface area contributed by atoms with E-state index < -0.39 is 0 Å². The minimum Gasteiger partial charge on any atom is -0.341 e. The number of anilines is 3. The monoisotopic (exact) mass is 369 g/mol. The van der Waals surface area contributed by atoms with E-state index in [1.807, 2.05) is 43.9 Å². The van der Waals surface area contributed by atoms with Crippen LogP contribution in [0.25, 0.3) is 0 Å². The molecule has 0 atom stereocenters. The standard InChI is InChI=1S/C14H17BrClN5/c1-4-21(5-2)14-19-12(16)18-13(20-14)17-11-7-9(3)6-10(15)8-11/h6-8H,4-5H2,1-3H3,(H,17,18,19,20). The van der Waals surface area contributed by atoms with E-state index in [1.165, 1.54) is 0 Å². The van der Waals surface area contributed by atoms with E-state index in [-0.39, 0.29) is 5.28 Å². The molecule has 0 radical (unpaired) electrons. The highest BCUT2D eigenvalue weighted by atomic mass is 79.9. The van der Waals surface area contributed by atoms with Gasteiger partial charge in [-0.1, -0.05) is 15.9 Å². The Morgan fingerprint density at radius 3 is 2.48 bits per heavy atom. The summed E-state index contributed by atoms with van der Waals surface area (Å²) in [6.07, 6.45) is 0. The molecule has 0 bridgehead atoms. The van der Waals surface area contributed by atoms with Crippen LogP contribution in [0.3, 0.4) is 0 Å². The molecule has 112 valence electrons.